The highest BCUT2D eigenvalue weighted by Crippen LogP contribution is 2.29. The van der Waals surface area contributed by atoms with E-state index in [4.69, 9.17) is 9.47 Å². The Morgan fingerprint density at radius 2 is 2.00 bits per heavy atom. The Balaban J connectivity index is 2.14. The van der Waals surface area contributed by atoms with E-state index < -0.39 is 0 Å². The molecule has 0 spiro atoms. The molecule has 18 heavy (non-hydrogen) atoms. The normalized spacial score (nSPS) is 28.8. The van der Waals surface area contributed by atoms with Crippen LogP contribution in [0.5, 0.6) is 0 Å². The summed E-state index contributed by atoms with van der Waals surface area (Å²) in [6.45, 7) is 8.53. The van der Waals surface area contributed by atoms with Crippen molar-refractivity contribution in [2.75, 3.05) is 19.8 Å². The number of ether oxygens (including phenoxy) is 2. The second-order valence-electron chi connectivity index (χ2n) is 5.91. The van der Waals surface area contributed by atoms with Crippen LogP contribution in [0.1, 0.15) is 52.9 Å². The Bertz CT molecular complexity index is 206. The summed E-state index contributed by atoms with van der Waals surface area (Å²) in [6.07, 6.45) is 5.29. The molecule has 1 aliphatic rings. The summed E-state index contributed by atoms with van der Waals surface area (Å²) < 4.78 is 11.3. The van der Waals surface area contributed by atoms with Gasteiger partial charge in [0.1, 0.15) is 0 Å². The number of rotatable bonds is 8. The van der Waals surface area contributed by atoms with Gasteiger partial charge in [-0.05, 0) is 31.1 Å². The smallest absolute Gasteiger partial charge is 0.0837 e. The Morgan fingerprint density at radius 1 is 1.22 bits per heavy atom. The SMILES string of the molecule is CCCC1CCC(O)C(OCCOCC(C)C)C1. The Labute approximate surface area is 112 Å². The van der Waals surface area contributed by atoms with Gasteiger partial charge in [-0.25, -0.2) is 0 Å². The van der Waals surface area contributed by atoms with E-state index in [-0.39, 0.29) is 12.2 Å². The fraction of sp³-hybridized carbons (Fsp3) is 1.00. The minimum atomic E-state index is -0.275. The number of aliphatic hydroxyl groups excluding tert-OH is 1. The number of hydrogen-bond donors (Lipinski definition) is 1. The topological polar surface area (TPSA) is 38.7 Å². The van der Waals surface area contributed by atoms with Crippen LogP contribution in [0.25, 0.3) is 0 Å². The molecule has 1 aliphatic carbocycles. The Morgan fingerprint density at radius 3 is 2.67 bits per heavy atom. The van der Waals surface area contributed by atoms with Crippen LogP contribution < -0.4 is 0 Å². The van der Waals surface area contributed by atoms with E-state index >= 15 is 0 Å². The molecule has 0 aliphatic heterocycles. The summed E-state index contributed by atoms with van der Waals surface area (Å²) in [5.41, 5.74) is 0. The van der Waals surface area contributed by atoms with Crippen LogP contribution in [-0.2, 0) is 9.47 Å². The predicted octanol–water partition coefficient (Wildman–Crippen LogP) is 3.01. The molecule has 1 rings (SSSR count). The lowest BCUT2D eigenvalue weighted by Crippen LogP contribution is -2.36. The molecular formula is C15H30O3. The highest BCUT2D eigenvalue weighted by Gasteiger charge is 2.29. The molecule has 0 heterocycles. The van der Waals surface area contributed by atoms with E-state index in [2.05, 4.69) is 20.8 Å². The zero-order chi connectivity index (χ0) is 13.4. The molecule has 0 aromatic heterocycles. The summed E-state index contributed by atoms with van der Waals surface area (Å²) in [5, 5.41) is 9.93. The molecule has 3 unspecified atom stereocenters. The molecule has 0 amide bonds. The monoisotopic (exact) mass is 258 g/mol. The zero-order valence-electron chi connectivity index (χ0n) is 12.2. The lowest BCUT2D eigenvalue weighted by Gasteiger charge is -2.33. The lowest BCUT2D eigenvalue weighted by atomic mass is 9.83. The minimum absolute atomic E-state index is 0.0259. The third-order valence-corrected chi connectivity index (χ3v) is 3.57. The summed E-state index contributed by atoms with van der Waals surface area (Å²) in [7, 11) is 0. The molecule has 1 N–H and O–H groups in total. The molecule has 3 atom stereocenters. The molecule has 0 radical (unpaired) electrons. The molecule has 1 fully saturated rings. The average Bonchev–Trinajstić information content (AvgIpc) is 2.32. The maximum absolute atomic E-state index is 9.93. The third-order valence-electron chi connectivity index (χ3n) is 3.57. The first kappa shape index (κ1) is 15.9. The van der Waals surface area contributed by atoms with Gasteiger partial charge in [-0.15, -0.1) is 0 Å². The van der Waals surface area contributed by atoms with Crippen molar-refractivity contribution in [1.29, 1.82) is 0 Å². The Hall–Kier alpha value is -0.120. The van der Waals surface area contributed by atoms with Gasteiger partial charge in [0.15, 0.2) is 0 Å². The number of aliphatic hydroxyl groups is 1. The van der Waals surface area contributed by atoms with Gasteiger partial charge in [0.25, 0.3) is 0 Å². The lowest BCUT2D eigenvalue weighted by molar-refractivity contribution is -0.0860. The first-order valence-electron chi connectivity index (χ1n) is 7.50. The second kappa shape index (κ2) is 8.89. The highest BCUT2D eigenvalue weighted by molar-refractivity contribution is 4.80. The van der Waals surface area contributed by atoms with Crippen LogP contribution >= 0.6 is 0 Å². The molecule has 3 nitrogen and oxygen atoms in total. The molecule has 0 aromatic rings. The van der Waals surface area contributed by atoms with Crippen LogP contribution in [0.15, 0.2) is 0 Å². The summed E-state index contributed by atoms with van der Waals surface area (Å²) >= 11 is 0. The number of hydrogen-bond acceptors (Lipinski definition) is 3. The Kier molecular flexibility index (Phi) is 7.87. The van der Waals surface area contributed by atoms with E-state index in [1.54, 1.807) is 0 Å². The fourth-order valence-corrected chi connectivity index (χ4v) is 2.62. The van der Waals surface area contributed by atoms with Gasteiger partial charge in [-0.1, -0.05) is 33.6 Å². The molecule has 1 saturated carbocycles. The molecule has 0 bridgehead atoms. The quantitative estimate of drug-likeness (QED) is 0.680. The molecule has 0 saturated heterocycles. The second-order valence-corrected chi connectivity index (χ2v) is 5.91. The summed E-state index contributed by atoms with van der Waals surface area (Å²) in [5.74, 6) is 1.30. The standard InChI is InChI=1S/C15H30O3/c1-4-5-13-6-7-14(16)15(10-13)18-9-8-17-11-12(2)3/h12-16H,4-11H2,1-3H3. The van der Waals surface area contributed by atoms with Gasteiger partial charge in [0, 0.05) is 6.61 Å². The highest BCUT2D eigenvalue weighted by atomic mass is 16.5. The van der Waals surface area contributed by atoms with E-state index in [0.717, 1.165) is 31.8 Å². The fourth-order valence-electron chi connectivity index (χ4n) is 2.62. The van der Waals surface area contributed by atoms with E-state index in [0.29, 0.717) is 19.1 Å². The largest absolute Gasteiger partial charge is 0.390 e. The van der Waals surface area contributed by atoms with Crippen molar-refractivity contribution in [3.8, 4) is 0 Å². The van der Waals surface area contributed by atoms with E-state index in [9.17, 15) is 5.11 Å². The first-order valence-corrected chi connectivity index (χ1v) is 7.50. The molecule has 0 aromatic carbocycles. The maximum atomic E-state index is 9.93. The van der Waals surface area contributed by atoms with Gasteiger partial charge >= 0.3 is 0 Å². The minimum Gasteiger partial charge on any atom is -0.390 e. The van der Waals surface area contributed by atoms with Crippen molar-refractivity contribution in [2.45, 2.75) is 65.1 Å². The summed E-state index contributed by atoms with van der Waals surface area (Å²) in [6, 6.07) is 0. The first-order chi connectivity index (χ1) is 8.63. The maximum Gasteiger partial charge on any atom is 0.0837 e. The predicted molar refractivity (Wildman–Crippen MR) is 73.7 cm³/mol. The average molecular weight is 258 g/mol. The molecular weight excluding hydrogens is 228 g/mol. The van der Waals surface area contributed by atoms with Crippen LogP contribution in [-0.4, -0.2) is 37.1 Å². The van der Waals surface area contributed by atoms with Crippen molar-refractivity contribution < 1.29 is 14.6 Å². The molecule has 108 valence electrons. The van der Waals surface area contributed by atoms with E-state index in [1.165, 1.54) is 12.8 Å². The van der Waals surface area contributed by atoms with Gasteiger partial charge < -0.3 is 14.6 Å². The van der Waals surface area contributed by atoms with E-state index in [1.807, 2.05) is 0 Å². The molecule has 3 heteroatoms. The van der Waals surface area contributed by atoms with Crippen LogP contribution in [0.4, 0.5) is 0 Å². The van der Waals surface area contributed by atoms with Crippen molar-refractivity contribution in [3.63, 3.8) is 0 Å². The van der Waals surface area contributed by atoms with Crippen LogP contribution in [0.2, 0.25) is 0 Å². The zero-order valence-corrected chi connectivity index (χ0v) is 12.2. The van der Waals surface area contributed by atoms with Crippen molar-refractivity contribution in [2.24, 2.45) is 11.8 Å². The van der Waals surface area contributed by atoms with Gasteiger partial charge in [0.05, 0.1) is 25.4 Å². The summed E-state index contributed by atoms with van der Waals surface area (Å²) in [4.78, 5) is 0. The van der Waals surface area contributed by atoms with Gasteiger partial charge in [-0.3, -0.25) is 0 Å². The van der Waals surface area contributed by atoms with Crippen molar-refractivity contribution in [1.82, 2.24) is 0 Å². The third kappa shape index (κ3) is 6.17. The van der Waals surface area contributed by atoms with Crippen LogP contribution in [0, 0.1) is 11.8 Å². The van der Waals surface area contributed by atoms with Gasteiger partial charge in [0.2, 0.25) is 0 Å². The van der Waals surface area contributed by atoms with Crippen molar-refractivity contribution >= 4 is 0 Å². The van der Waals surface area contributed by atoms with Crippen molar-refractivity contribution in [3.05, 3.63) is 0 Å². The van der Waals surface area contributed by atoms with Gasteiger partial charge in [-0.2, -0.15) is 0 Å². The van der Waals surface area contributed by atoms with Crippen LogP contribution in [0.3, 0.4) is 0 Å².